The lowest BCUT2D eigenvalue weighted by molar-refractivity contribution is -0.385. The van der Waals surface area contributed by atoms with Crippen LogP contribution in [0, 0.1) is 10.1 Å². The molecular weight excluding hydrogens is 264 g/mol. The molecule has 0 aliphatic carbocycles. The van der Waals surface area contributed by atoms with E-state index in [2.05, 4.69) is 10.2 Å². The van der Waals surface area contributed by atoms with Crippen LogP contribution in [-0.2, 0) is 6.42 Å². The number of hydrogen-bond donors (Lipinski definition) is 2. The molecule has 0 aromatic carbocycles. The van der Waals surface area contributed by atoms with Crippen LogP contribution in [0.1, 0.15) is 42.4 Å². The zero-order valence-electron chi connectivity index (χ0n) is 11.3. The van der Waals surface area contributed by atoms with Crippen LogP contribution in [0.25, 0.3) is 0 Å². The number of carbonyl (C=O) groups is 1. The van der Waals surface area contributed by atoms with Gasteiger partial charge in [0.25, 0.3) is 5.91 Å². The van der Waals surface area contributed by atoms with Crippen molar-refractivity contribution < 1.29 is 14.8 Å². The maximum atomic E-state index is 12.3. The number of aromatic amines is 1. The molecule has 0 spiro atoms. The number of H-pyrrole nitrogens is 1. The number of nitro groups is 1. The highest BCUT2D eigenvalue weighted by Crippen LogP contribution is 2.24. The van der Waals surface area contributed by atoms with Gasteiger partial charge in [-0.3, -0.25) is 20.0 Å². The Morgan fingerprint density at radius 1 is 1.55 bits per heavy atom. The van der Waals surface area contributed by atoms with E-state index >= 15 is 0 Å². The first-order valence-corrected chi connectivity index (χ1v) is 6.73. The van der Waals surface area contributed by atoms with Gasteiger partial charge in [-0.1, -0.05) is 13.3 Å². The van der Waals surface area contributed by atoms with Crippen molar-refractivity contribution in [3.8, 4) is 0 Å². The van der Waals surface area contributed by atoms with Gasteiger partial charge < -0.3 is 10.0 Å². The highest BCUT2D eigenvalue weighted by Gasteiger charge is 2.32. The Balaban J connectivity index is 2.23. The molecular formula is C12H18N4O4. The largest absolute Gasteiger partial charge is 0.393 e. The average molecular weight is 282 g/mol. The Morgan fingerprint density at radius 3 is 2.75 bits per heavy atom. The molecule has 1 aliphatic heterocycles. The summed E-state index contributed by atoms with van der Waals surface area (Å²) in [6, 6.07) is 0. The van der Waals surface area contributed by atoms with E-state index in [0.717, 1.165) is 6.42 Å². The van der Waals surface area contributed by atoms with Crippen LogP contribution in [0.2, 0.25) is 0 Å². The van der Waals surface area contributed by atoms with E-state index in [9.17, 15) is 20.0 Å². The zero-order valence-corrected chi connectivity index (χ0v) is 11.3. The summed E-state index contributed by atoms with van der Waals surface area (Å²) in [6.07, 6.45) is 1.79. The number of rotatable bonds is 4. The molecule has 2 rings (SSSR count). The van der Waals surface area contributed by atoms with Crippen LogP contribution in [0.3, 0.4) is 0 Å². The highest BCUT2D eigenvalue weighted by molar-refractivity contribution is 5.96. The van der Waals surface area contributed by atoms with Gasteiger partial charge in [0.15, 0.2) is 0 Å². The van der Waals surface area contributed by atoms with Gasteiger partial charge in [0.2, 0.25) is 5.69 Å². The topological polar surface area (TPSA) is 112 Å². The summed E-state index contributed by atoms with van der Waals surface area (Å²) in [5, 5.41) is 27.0. The second-order valence-electron chi connectivity index (χ2n) is 4.93. The fraction of sp³-hybridized carbons (Fsp3) is 0.667. The number of piperidine rings is 1. The molecule has 1 aliphatic rings. The van der Waals surface area contributed by atoms with Crippen LogP contribution in [0.15, 0.2) is 0 Å². The standard InChI is InChI=1S/C12H18N4O4/c1-2-3-9-11(16(19)20)10(14-13-9)12(18)15-6-4-8(17)5-7-15/h8,17H,2-7H2,1H3,(H,13,14). The summed E-state index contributed by atoms with van der Waals surface area (Å²) in [7, 11) is 0. The molecule has 1 aromatic rings. The zero-order chi connectivity index (χ0) is 14.7. The molecule has 1 saturated heterocycles. The molecule has 110 valence electrons. The molecule has 0 atom stereocenters. The lowest BCUT2D eigenvalue weighted by Crippen LogP contribution is -2.40. The lowest BCUT2D eigenvalue weighted by Gasteiger charge is -2.28. The maximum absolute atomic E-state index is 12.3. The van der Waals surface area contributed by atoms with Crippen molar-refractivity contribution in [1.82, 2.24) is 15.1 Å². The number of amides is 1. The predicted octanol–water partition coefficient (Wildman–Crippen LogP) is 0.867. The second kappa shape index (κ2) is 6.00. The van der Waals surface area contributed by atoms with Crippen LogP contribution in [0.5, 0.6) is 0 Å². The summed E-state index contributed by atoms with van der Waals surface area (Å²) in [5.74, 6) is -0.442. The number of hydrogen-bond acceptors (Lipinski definition) is 5. The fourth-order valence-corrected chi connectivity index (χ4v) is 2.36. The van der Waals surface area contributed by atoms with E-state index in [4.69, 9.17) is 0 Å². The number of carbonyl (C=O) groups excluding carboxylic acids is 1. The molecule has 0 bridgehead atoms. The van der Waals surface area contributed by atoms with E-state index in [1.54, 1.807) is 0 Å². The number of aryl methyl sites for hydroxylation is 1. The molecule has 0 radical (unpaired) electrons. The molecule has 2 N–H and O–H groups in total. The number of likely N-dealkylation sites (tertiary alicyclic amines) is 1. The van der Waals surface area contributed by atoms with Gasteiger partial charge in [-0.15, -0.1) is 0 Å². The van der Waals surface area contributed by atoms with Crippen LogP contribution < -0.4 is 0 Å². The van der Waals surface area contributed by atoms with Crippen molar-refractivity contribution in [3.63, 3.8) is 0 Å². The first-order valence-electron chi connectivity index (χ1n) is 6.73. The van der Waals surface area contributed by atoms with Crippen molar-refractivity contribution in [1.29, 1.82) is 0 Å². The lowest BCUT2D eigenvalue weighted by atomic mass is 10.1. The van der Waals surface area contributed by atoms with Gasteiger partial charge in [0.1, 0.15) is 5.69 Å². The average Bonchev–Trinajstić information content (AvgIpc) is 2.83. The van der Waals surface area contributed by atoms with Gasteiger partial charge in [-0.25, -0.2) is 0 Å². The van der Waals surface area contributed by atoms with Gasteiger partial charge in [0, 0.05) is 13.1 Å². The number of nitrogens with one attached hydrogen (secondary N) is 1. The first-order chi connectivity index (χ1) is 9.54. The molecule has 1 amide bonds. The Labute approximate surface area is 115 Å². The SMILES string of the molecule is CCCc1[nH]nc(C(=O)N2CCC(O)CC2)c1[N+](=O)[O-]. The maximum Gasteiger partial charge on any atom is 0.322 e. The van der Waals surface area contributed by atoms with Crippen LogP contribution in [-0.4, -0.2) is 50.2 Å². The quantitative estimate of drug-likeness (QED) is 0.628. The smallest absolute Gasteiger partial charge is 0.322 e. The minimum atomic E-state index is -0.555. The Kier molecular flexibility index (Phi) is 4.33. The van der Waals surface area contributed by atoms with Crippen molar-refractivity contribution in [3.05, 3.63) is 21.5 Å². The normalized spacial score (nSPS) is 16.4. The second-order valence-corrected chi connectivity index (χ2v) is 4.93. The Morgan fingerprint density at radius 2 is 2.20 bits per heavy atom. The first kappa shape index (κ1) is 14.4. The monoisotopic (exact) mass is 282 g/mol. The minimum Gasteiger partial charge on any atom is -0.393 e. The van der Waals surface area contributed by atoms with Crippen molar-refractivity contribution >= 4 is 11.6 Å². The van der Waals surface area contributed by atoms with Crippen LogP contribution >= 0.6 is 0 Å². The number of aliphatic hydroxyl groups is 1. The van der Waals surface area contributed by atoms with Crippen molar-refractivity contribution in [2.24, 2.45) is 0 Å². The minimum absolute atomic E-state index is 0.130. The Bertz CT molecular complexity index is 506. The van der Waals surface area contributed by atoms with E-state index in [0.29, 0.717) is 38.0 Å². The third-order valence-corrected chi connectivity index (χ3v) is 3.45. The Hall–Kier alpha value is -1.96. The van der Waals surface area contributed by atoms with Crippen molar-refractivity contribution in [2.75, 3.05) is 13.1 Å². The van der Waals surface area contributed by atoms with Gasteiger partial charge in [0.05, 0.1) is 11.0 Å². The fourth-order valence-electron chi connectivity index (χ4n) is 2.36. The molecule has 1 fully saturated rings. The van der Waals surface area contributed by atoms with E-state index in [1.807, 2.05) is 6.92 Å². The predicted molar refractivity (Wildman–Crippen MR) is 70.4 cm³/mol. The van der Waals surface area contributed by atoms with E-state index in [1.165, 1.54) is 4.90 Å². The molecule has 20 heavy (non-hydrogen) atoms. The number of aliphatic hydroxyl groups excluding tert-OH is 1. The summed E-state index contributed by atoms with van der Waals surface area (Å²) in [6.45, 7) is 2.69. The molecule has 0 saturated carbocycles. The van der Waals surface area contributed by atoms with Gasteiger partial charge in [-0.2, -0.15) is 5.10 Å². The third-order valence-electron chi connectivity index (χ3n) is 3.45. The van der Waals surface area contributed by atoms with Crippen molar-refractivity contribution in [2.45, 2.75) is 38.7 Å². The summed E-state index contributed by atoms with van der Waals surface area (Å²) in [5.41, 5.74) is 0.0377. The highest BCUT2D eigenvalue weighted by atomic mass is 16.6. The number of nitrogens with zero attached hydrogens (tertiary/aromatic N) is 3. The van der Waals surface area contributed by atoms with E-state index in [-0.39, 0.29) is 11.4 Å². The van der Waals surface area contributed by atoms with Crippen LogP contribution in [0.4, 0.5) is 5.69 Å². The molecule has 2 heterocycles. The molecule has 0 unspecified atom stereocenters. The summed E-state index contributed by atoms with van der Waals surface area (Å²) < 4.78 is 0. The number of aromatic nitrogens is 2. The third kappa shape index (κ3) is 2.79. The summed E-state index contributed by atoms with van der Waals surface area (Å²) >= 11 is 0. The molecule has 8 heteroatoms. The molecule has 8 nitrogen and oxygen atoms in total. The van der Waals surface area contributed by atoms with Gasteiger partial charge in [-0.05, 0) is 19.3 Å². The van der Waals surface area contributed by atoms with Gasteiger partial charge >= 0.3 is 5.69 Å². The summed E-state index contributed by atoms with van der Waals surface area (Å²) in [4.78, 5) is 24.4. The molecule has 1 aromatic heterocycles. The van der Waals surface area contributed by atoms with E-state index < -0.39 is 16.9 Å².